The first-order valence-electron chi connectivity index (χ1n) is 6.02. The van der Waals surface area contributed by atoms with Gasteiger partial charge in [0.25, 0.3) is 0 Å². The van der Waals surface area contributed by atoms with Crippen LogP contribution < -0.4 is 5.73 Å². The van der Waals surface area contributed by atoms with Crippen LogP contribution in [0.3, 0.4) is 0 Å². The van der Waals surface area contributed by atoms with E-state index in [-0.39, 0.29) is 5.91 Å². The van der Waals surface area contributed by atoms with Crippen molar-refractivity contribution in [2.24, 2.45) is 11.7 Å². The second-order valence-electron chi connectivity index (χ2n) is 5.11. The maximum Gasteiger partial charge on any atom is 0.242 e. The predicted octanol–water partition coefficient (Wildman–Crippen LogP) is 1.76. The van der Waals surface area contributed by atoms with E-state index in [0.717, 1.165) is 6.54 Å². The summed E-state index contributed by atoms with van der Waals surface area (Å²) in [5.74, 6) is 0.781. The first kappa shape index (κ1) is 12.5. The van der Waals surface area contributed by atoms with E-state index in [1.54, 1.807) is 0 Å². The number of nitrogens with zero attached hydrogens (tertiary/aromatic N) is 1. The monoisotopic (exact) mass is 212 g/mol. The minimum atomic E-state index is -0.687. The SMILES string of the molecule is CCC(C)(N)C(=O)N(C)CC1CCCC1. The quantitative estimate of drug-likeness (QED) is 0.772. The molecule has 0 aromatic heterocycles. The molecule has 1 fully saturated rings. The molecule has 0 radical (unpaired) electrons. The molecule has 0 saturated heterocycles. The van der Waals surface area contributed by atoms with Crippen molar-refractivity contribution < 1.29 is 4.79 Å². The van der Waals surface area contributed by atoms with Gasteiger partial charge in [0.2, 0.25) is 5.91 Å². The Kier molecular flexibility index (Phi) is 4.14. The highest BCUT2D eigenvalue weighted by Gasteiger charge is 2.30. The van der Waals surface area contributed by atoms with Gasteiger partial charge in [0.05, 0.1) is 5.54 Å². The van der Waals surface area contributed by atoms with Gasteiger partial charge in [-0.25, -0.2) is 0 Å². The molecule has 1 atom stereocenters. The largest absolute Gasteiger partial charge is 0.344 e. The van der Waals surface area contributed by atoms with Gasteiger partial charge >= 0.3 is 0 Å². The van der Waals surface area contributed by atoms with Crippen LogP contribution in [0.5, 0.6) is 0 Å². The minimum absolute atomic E-state index is 0.0805. The molecule has 1 aliphatic rings. The summed E-state index contributed by atoms with van der Waals surface area (Å²) in [5, 5.41) is 0. The van der Waals surface area contributed by atoms with Gasteiger partial charge in [-0.05, 0) is 32.1 Å². The van der Waals surface area contributed by atoms with E-state index >= 15 is 0 Å². The smallest absolute Gasteiger partial charge is 0.242 e. The molecule has 3 heteroatoms. The number of carbonyl (C=O) groups is 1. The Morgan fingerprint density at radius 2 is 2.00 bits per heavy atom. The predicted molar refractivity (Wildman–Crippen MR) is 62.5 cm³/mol. The summed E-state index contributed by atoms with van der Waals surface area (Å²) in [7, 11) is 1.88. The van der Waals surface area contributed by atoms with Crippen LogP contribution in [0.2, 0.25) is 0 Å². The van der Waals surface area contributed by atoms with Crippen molar-refractivity contribution in [1.82, 2.24) is 4.90 Å². The number of likely N-dealkylation sites (N-methyl/N-ethyl adjacent to an activating group) is 1. The molecule has 1 rings (SSSR count). The van der Waals surface area contributed by atoms with Gasteiger partial charge in [0.15, 0.2) is 0 Å². The maximum atomic E-state index is 12.0. The van der Waals surface area contributed by atoms with Crippen LogP contribution in [0.4, 0.5) is 0 Å². The van der Waals surface area contributed by atoms with Crippen molar-refractivity contribution in [1.29, 1.82) is 0 Å². The molecule has 0 bridgehead atoms. The number of hydrogen-bond acceptors (Lipinski definition) is 2. The van der Waals surface area contributed by atoms with Gasteiger partial charge in [0.1, 0.15) is 0 Å². The molecular formula is C12H24N2O. The van der Waals surface area contributed by atoms with Crippen LogP contribution in [0.1, 0.15) is 46.0 Å². The Balaban J connectivity index is 2.45. The Morgan fingerprint density at radius 1 is 1.47 bits per heavy atom. The van der Waals surface area contributed by atoms with E-state index in [1.165, 1.54) is 25.7 Å². The average Bonchev–Trinajstić information content (AvgIpc) is 2.69. The van der Waals surface area contributed by atoms with Gasteiger partial charge in [-0.1, -0.05) is 19.8 Å². The van der Waals surface area contributed by atoms with Crippen molar-refractivity contribution in [2.75, 3.05) is 13.6 Å². The first-order valence-corrected chi connectivity index (χ1v) is 6.02. The second kappa shape index (κ2) is 4.97. The molecule has 0 spiro atoms. The van der Waals surface area contributed by atoms with E-state index in [9.17, 15) is 4.79 Å². The molecule has 2 N–H and O–H groups in total. The normalized spacial score (nSPS) is 21.3. The fraction of sp³-hybridized carbons (Fsp3) is 0.917. The summed E-state index contributed by atoms with van der Waals surface area (Å²) < 4.78 is 0. The lowest BCUT2D eigenvalue weighted by molar-refractivity contribution is -0.135. The molecule has 1 amide bonds. The van der Waals surface area contributed by atoms with Gasteiger partial charge < -0.3 is 10.6 Å². The molecule has 1 unspecified atom stereocenters. The molecule has 0 heterocycles. The molecule has 0 aromatic rings. The van der Waals surface area contributed by atoms with Crippen LogP contribution in [0.25, 0.3) is 0 Å². The maximum absolute atomic E-state index is 12.0. The standard InChI is InChI=1S/C12H24N2O/c1-4-12(2,13)11(15)14(3)9-10-7-5-6-8-10/h10H,4-9,13H2,1-3H3. The molecular weight excluding hydrogens is 188 g/mol. The lowest BCUT2D eigenvalue weighted by atomic mass is 9.98. The third-order valence-electron chi connectivity index (χ3n) is 3.58. The van der Waals surface area contributed by atoms with Gasteiger partial charge in [-0.2, -0.15) is 0 Å². The summed E-state index contributed by atoms with van der Waals surface area (Å²) in [5.41, 5.74) is 5.26. The molecule has 88 valence electrons. The van der Waals surface area contributed by atoms with Crippen molar-refractivity contribution >= 4 is 5.91 Å². The van der Waals surface area contributed by atoms with Crippen molar-refractivity contribution in [3.63, 3.8) is 0 Å². The summed E-state index contributed by atoms with van der Waals surface area (Å²) in [6, 6.07) is 0. The highest BCUT2D eigenvalue weighted by molar-refractivity contribution is 5.85. The fourth-order valence-electron chi connectivity index (χ4n) is 2.25. The molecule has 1 aliphatic carbocycles. The van der Waals surface area contributed by atoms with E-state index in [1.807, 2.05) is 25.8 Å². The molecule has 3 nitrogen and oxygen atoms in total. The molecule has 15 heavy (non-hydrogen) atoms. The lowest BCUT2D eigenvalue weighted by Gasteiger charge is -2.29. The average molecular weight is 212 g/mol. The zero-order valence-electron chi connectivity index (χ0n) is 10.3. The summed E-state index contributed by atoms with van der Waals surface area (Å²) in [4.78, 5) is 13.8. The van der Waals surface area contributed by atoms with E-state index in [0.29, 0.717) is 12.3 Å². The van der Waals surface area contributed by atoms with Crippen LogP contribution in [-0.2, 0) is 4.79 Å². The van der Waals surface area contributed by atoms with Crippen molar-refractivity contribution in [2.45, 2.75) is 51.5 Å². The third kappa shape index (κ3) is 3.20. The van der Waals surface area contributed by atoms with E-state index < -0.39 is 5.54 Å². The van der Waals surface area contributed by atoms with E-state index in [4.69, 9.17) is 5.73 Å². The Hall–Kier alpha value is -0.570. The Morgan fingerprint density at radius 3 is 2.47 bits per heavy atom. The zero-order chi connectivity index (χ0) is 11.5. The number of nitrogens with two attached hydrogens (primary N) is 1. The van der Waals surface area contributed by atoms with Crippen LogP contribution in [0.15, 0.2) is 0 Å². The first-order chi connectivity index (χ1) is 6.97. The highest BCUT2D eigenvalue weighted by atomic mass is 16.2. The fourth-order valence-corrected chi connectivity index (χ4v) is 2.25. The number of amides is 1. The van der Waals surface area contributed by atoms with E-state index in [2.05, 4.69) is 0 Å². The number of rotatable bonds is 4. The van der Waals surface area contributed by atoms with Crippen molar-refractivity contribution in [3.05, 3.63) is 0 Å². The van der Waals surface area contributed by atoms with Gasteiger partial charge in [-0.3, -0.25) is 4.79 Å². The Bertz CT molecular complexity index is 220. The molecule has 0 aromatic carbocycles. The summed E-state index contributed by atoms with van der Waals surface area (Å²) in [6.07, 6.45) is 5.87. The Labute approximate surface area is 93.0 Å². The molecule has 0 aliphatic heterocycles. The number of carbonyl (C=O) groups excluding carboxylic acids is 1. The minimum Gasteiger partial charge on any atom is -0.344 e. The van der Waals surface area contributed by atoms with Crippen LogP contribution in [-0.4, -0.2) is 29.9 Å². The topological polar surface area (TPSA) is 46.3 Å². The number of hydrogen-bond donors (Lipinski definition) is 1. The van der Waals surface area contributed by atoms with Crippen LogP contribution >= 0.6 is 0 Å². The third-order valence-corrected chi connectivity index (χ3v) is 3.58. The lowest BCUT2D eigenvalue weighted by Crippen LogP contribution is -2.52. The van der Waals surface area contributed by atoms with Crippen LogP contribution in [0, 0.1) is 5.92 Å². The summed E-state index contributed by atoms with van der Waals surface area (Å²) >= 11 is 0. The van der Waals surface area contributed by atoms with Crippen molar-refractivity contribution in [3.8, 4) is 0 Å². The second-order valence-corrected chi connectivity index (χ2v) is 5.11. The van der Waals surface area contributed by atoms with Gasteiger partial charge in [0, 0.05) is 13.6 Å². The molecule has 1 saturated carbocycles. The summed E-state index contributed by atoms with van der Waals surface area (Å²) in [6.45, 7) is 4.66. The highest BCUT2D eigenvalue weighted by Crippen LogP contribution is 2.25. The van der Waals surface area contributed by atoms with Gasteiger partial charge in [-0.15, -0.1) is 0 Å². The zero-order valence-corrected chi connectivity index (χ0v) is 10.3.